The van der Waals surface area contributed by atoms with E-state index in [2.05, 4.69) is 16.1 Å². The molecule has 1 aromatic rings. The lowest BCUT2D eigenvalue weighted by atomic mass is 9.89. The molecule has 0 heterocycles. The van der Waals surface area contributed by atoms with Gasteiger partial charge in [-0.05, 0) is 44.7 Å². The van der Waals surface area contributed by atoms with Crippen LogP contribution in [-0.4, -0.2) is 37.6 Å². The van der Waals surface area contributed by atoms with Gasteiger partial charge in [-0.25, -0.2) is 0 Å². The maximum absolute atomic E-state index is 12.6. The molecule has 2 atom stereocenters. The van der Waals surface area contributed by atoms with Crippen molar-refractivity contribution in [2.75, 3.05) is 13.7 Å². The van der Waals surface area contributed by atoms with Gasteiger partial charge in [-0.3, -0.25) is 14.4 Å². The van der Waals surface area contributed by atoms with Crippen LogP contribution in [0, 0.1) is 17.2 Å². The van der Waals surface area contributed by atoms with Gasteiger partial charge in [0.15, 0.2) is 0 Å². The van der Waals surface area contributed by atoms with E-state index in [1.54, 1.807) is 31.2 Å². The normalized spacial score (nSPS) is 12.3. The van der Waals surface area contributed by atoms with Crippen LogP contribution >= 0.6 is 0 Å². The first kappa shape index (κ1) is 23.2. The zero-order valence-electron chi connectivity index (χ0n) is 16.5. The molecular weight excluding hydrogens is 360 g/mol. The van der Waals surface area contributed by atoms with Crippen molar-refractivity contribution in [3.05, 3.63) is 35.9 Å². The summed E-state index contributed by atoms with van der Waals surface area (Å²) in [7, 11) is 1.32. The number of nitrogens with zero attached hydrogens (tertiary/aromatic N) is 1. The topological polar surface area (TPSA) is 105 Å². The Morgan fingerprint density at radius 3 is 2.46 bits per heavy atom. The van der Waals surface area contributed by atoms with Gasteiger partial charge < -0.3 is 14.8 Å². The van der Waals surface area contributed by atoms with Crippen molar-refractivity contribution in [1.82, 2.24) is 5.32 Å². The van der Waals surface area contributed by atoms with Gasteiger partial charge in [0.05, 0.1) is 25.7 Å². The molecule has 0 saturated carbocycles. The van der Waals surface area contributed by atoms with E-state index in [4.69, 9.17) is 10.00 Å². The average molecular weight is 388 g/mol. The highest BCUT2D eigenvalue weighted by molar-refractivity contribution is 5.94. The number of carbonyl (C=O) groups is 3. The minimum atomic E-state index is -0.601. The first-order chi connectivity index (χ1) is 13.5. The lowest BCUT2D eigenvalue weighted by Crippen LogP contribution is -2.44. The minimum absolute atomic E-state index is 0.184. The maximum atomic E-state index is 12.6. The summed E-state index contributed by atoms with van der Waals surface area (Å²) in [5, 5.41) is 11.7. The van der Waals surface area contributed by atoms with E-state index in [0.29, 0.717) is 37.7 Å². The third-order valence-electron chi connectivity index (χ3n) is 4.35. The second-order valence-corrected chi connectivity index (χ2v) is 6.32. The molecule has 0 aliphatic carbocycles. The van der Waals surface area contributed by atoms with E-state index in [-0.39, 0.29) is 24.9 Å². The van der Waals surface area contributed by atoms with Gasteiger partial charge in [0, 0.05) is 24.4 Å². The quantitative estimate of drug-likeness (QED) is 0.436. The Balaban J connectivity index is 2.93. The fourth-order valence-electron chi connectivity index (χ4n) is 2.92. The van der Waals surface area contributed by atoms with E-state index in [1.165, 1.54) is 7.11 Å². The van der Waals surface area contributed by atoms with Crippen molar-refractivity contribution < 1.29 is 23.9 Å². The number of methoxy groups -OCH3 is 1. The molecule has 1 N–H and O–H groups in total. The number of hydrogen-bond acceptors (Lipinski definition) is 6. The fourth-order valence-corrected chi connectivity index (χ4v) is 2.92. The summed E-state index contributed by atoms with van der Waals surface area (Å²) in [6.45, 7) is 1.94. The van der Waals surface area contributed by atoms with Gasteiger partial charge in [-0.1, -0.05) is 18.2 Å². The minimum Gasteiger partial charge on any atom is -0.469 e. The van der Waals surface area contributed by atoms with Crippen LogP contribution in [0.25, 0.3) is 0 Å². The molecule has 0 aromatic heterocycles. The highest BCUT2D eigenvalue weighted by Crippen LogP contribution is 2.21. The molecule has 1 rings (SSSR count). The number of esters is 2. The molecule has 152 valence electrons. The van der Waals surface area contributed by atoms with Crippen LogP contribution in [0.4, 0.5) is 0 Å². The summed E-state index contributed by atoms with van der Waals surface area (Å²) in [5.74, 6) is -1.65. The van der Waals surface area contributed by atoms with Crippen molar-refractivity contribution >= 4 is 17.8 Å². The number of carbonyl (C=O) groups excluding carboxylic acids is 3. The summed E-state index contributed by atoms with van der Waals surface area (Å²) in [6.07, 6.45) is 2.34. The second kappa shape index (κ2) is 13.3. The third-order valence-corrected chi connectivity index (χ3v) is 4.35. The van der Waals surface area contributed by atoms with Gasteiger partial charge in [-0.2, -0.15) is 5.26 Å². The molecule has 0 saturated heterocycles. The molecule has 1 amide bonds. The summed E-state index contributed by atoms with van der Waals surface area (Å²) >= 11 is 0. The van der Waals surface area contributed by atoms with Crippen LogP contribution in [0.15, 0.2) is 30.3 Å². The Bertz CT molecular complexity index is 669. The van der Waals surface area contributed by atoms with Gasteiger partial charge in [-0.15, -0.1) is 0 Å². The molecular formula is C21H28N2O5. The Morgan fingerprint density at radius 2 is 1.86 bits per heavy atom. The summed E-state index contributed by atoms with van der Waals surface area (Å²) in [4.78, 5) is 36.5. The van der Waals surface area contributed by atoms with Crippen LogP contribution < -0.4 is 5.32 Å². The number of rotatable bonds is 12. The van der Waals surface area contributed by atoms with Crippen molar-refractivity contribution in [2.24, 2.45) is 5.92 Å². The van der Waals surface area contributed by atoms with Crippen molar-refractivity contribution in [3.8, 4) is 6.07 Å². The van der Waals surface area contributed by atoms with Gasteiger partial charge in [0.25, 0.3) is 5.91 Å². The zero-order valence-corrected chi connectivity index (χ0v) is 16.5. The highest BCUT2D eigenvalue weighted by atomic mass is 16.5. The molecule has 0 fully saturated rings. The Hall–Kier alpha value is -2.88. The number of unbranched alkanes of at least 4 members (excludes halogenated alkanes) is 1. The molecule has 7 heteroatoms. The third kappa shape index (κ3) is 8.21. The van der Waals surface area contributed by atoms with E-state index < -0.39 is 17.9 Å². The zero-order chi connectivity index (χ0) is 20.8. The highest BCUT2D eigenvalue weighted by Gasteiger charge is 2.30. The SMILES string of the molecule is CCOC(=O)[C@@H](CCCC(=O)OC)[C@@H](CCCC#N)NC(=O)c1ccccc1. The van der Waals surface area contributed by atoms with Crippen molar-refractivity contribution in [2.45, 2.75) is 51.5 Å². The number of hydrogen-bond donors (Lipinski definition) is 1. The lowest BCUT2D eigenvalue weighted by Gasteiger charge is -2.26. The fraction of sp³-hybridized carbons (Fsp3) is 0.524. The monoisotopic (exact) mass is 388 g/mol. The maximum Gasteiger partial charge on any atom is 0.311 e. The van der Waals surface area contributed by atoms with Crippen molar-refractivity contribution in [3.63, 3.8) is 0 Å². The number of amides is 1. The van der Waals surface area contributed by atoms with Crippen LogP contribution in [0.5, 0.6) is 0 Å². The summed E-state index contributed by atoms with van der Waals surface area (Å²) in [6, 6.07) is 10.3. The second-order valence-electron chi connectivity index (χ2n) is 6.32. The van der Waals surface area contributed by atoms with Gasteiger partial charge >= 0.3 is 11.9 Å². The number of benzene rings is 1. The van der Waals surface area contributed by atoms with Crippen LogP contribution in [0.1, 0.15) is 55.8 Å². The molecule has 0 aliphatic heterocycles. The Kier molecular flexibility index (Phi) is 11.0. The molecule has 0 bridgehead atoms. The number of ether oxygens (including phenoxy) is 2. The Morgan fingerprint density at radius 1 is 1.14 bits per heavy atom. The molecule has 0 aliphatic rings. The average Bonchev–Trinajstić information content (AvgIpc) is 2.71. The smallest absolute Gasteiger partial charge is 0.311 e. The molecule has 0 unspecified atom stereocenters. The van der Waals surface area contributed by atoms with Gasteiger partial charge in [0.2, 0.25) is 0 Å². The predicted octanol–water partition coefficient (Wildman–Crippen LogP) is 3.00. The van der Waals surface area contributed by atoms with E-state index in [9.17, 15) is 14.4 Å². The number of nitrogens with one attached hydrogen (secondary N) is 1. The molecule has 1 aromatic carbocycles. The predicted molar refractivity (Wildman–Crippen MR) is 103 cm³/mol. The van der Waals surface area contributed by atoms with E-state index in [1.807, 2.05) is 6.07 Å². The first-order valence-electron chi connectivity index (χ1n) is 9.49. The van der Waals surface area contributed by atoms with E-state index >= 15 is 0 Å². The summed E-state index contributed by atoms with van der Waals surface area (Å²) < 4.78 is 9.83. The lowest BCUT2D eigenvalue weighted by molar-refractivity contribution is -0.150. The van der Waals surface area contributed by atoms with Crippen molar-refractivity contribution in [1.29, 1.82) is 5.26 Å². The molecule has 28 heavy (non-hydrogen) atoms. The summed E-state index contributed by atoms with van der Waals surface area (Å²) in [5.41, 5.74) is 0.491. The van der Waals surface area contributed by atoms with Crippen LogP contribution in [0.3, 0.4) is 0 Å². The van der Waals surface area contributed by atoms with Crippen LogP contribution in [-0.2, 0) is 19.1 Å². The largest absolute Gasteiger partial charge is 0.469 e. The van der Waals surface area contributed by atoms with Gasteiger partial charge in [0.1, 0.15) is 0 Å². The molecule has 7 nitrogen and oxygen atoms in total. The van der Waals surface area contributed by atoms with Crippen LogP contribution in [0.2, 0.25) is 0 Å². The molecule has 0 radical (unpaired) electrons. The Labute approximate surface area is 166 Å². The van der Waals surface area contributed by atoms with E-state index in [0.717, 1.165) is 0 Å². The first-order valence-corrected chi connectivity index (χ1v) is 9.49. The standard InChI is InChI=1S/C21H28N2O5/c1-3-28-21(26)17(12-9-14-19(24)27-2)18(13-7-8-15-22)23-20(25)16-10-5-4-6-11-16/h4-6,10-11,17-18H,3,7-9,12-14H2,1-2H3,(H,23,25)/t17-,18+/m0/s1. The molecule has 0 spiro atoms. The number of nitriles is 1.